The van der Waals surface area contributed by atoms with Gasteiger partial charge in [0.05, 0.1) is 12.1 Å². The normalized spacial score (nSPS) is 10.9. The average molecular weight is 275 g/mol. The Balaban J connectivity index is 2.76. The summed E-state index contributed by atoms with van der Waals surface area (Å²) >= 11 is 0. The Morgan fingerprint density at radius 1 is 1.32 bits per heavy atom. The summed E-state index contributed by atoms with van der Waals surface area (Å²) in [6.07, 6.45) is -4.46. The molecule has 19 heavy (non-hydrogen) atoms. The van der Waals surface area contributed by atoms with E-state index in [1.807, 2.05) is 0 Å². The molecule has 0 saturated carbocycles. The van der Waals surface area contributed by atoms with Crippen molar-refractivity contribution in [1.29, 1.82) is 0 Å². The van der Waals surface area contributed by atoms with E-state index in [1.54, 1.807) is 5.32 Å². The van der Waals surface area contributed by atoms with Crippen molar-refractivity contribution in [3.63, 3.8) is 0 Å². The zero-order valence-electron chi connectivity index (χ0n) is 9.97. The molecule has 0 heterocycles. The van der Waals surface area contributed by atoms with E-state index in [4.69, 9.17) is 5.73 Å². The van der Waals surface area contributed by atoms with Crippen LogP contribution in [0.3, 0.4) is 0 Å². The number of carbonyl (C=O) groups is 2. The van der Waals surface area contributed by atoms with Crippen molar-refractivity contribution in [2.45, 2.75) is 13.1 Å². The van der Waals surface area contributed by atoms with Crippen LogP contribution in [-0.4, -0.2) is 18.5 Å². The predicted octanol–water partition coefficient (Wildman–Crippen LogP) is 1.62. The van der Waals surface area contributed by atoms with Gasteiger partial charge in [-0.15, -0.1) is 0 Å². The Morgan fingerprint density at radius 3 is 2.47 bits per heavy atom. The molecular weight excluding hydrogens is 263 g/mol. The zero-order chi connectivity index (χ0) is 14.6. The maximum Gasteiger partial charge on any atom is 0.416 e. The van der Waals surface area contributed by atoms with Crippen LogP contribution >= 0.6 is 0 Å². The molecule has 1 aromatic rings. The lowest BCUT2D eigenvalue weighted by Gasteiger charge is -2.13. The zero-order valence-corrected chi connectivity index (χ0v) is 9.97. The molecular formula is C11H12F3N3O2. The molecule has 8 heteroatoms. The minimum absolute atomic E-state index is 0.0830. The van der Waals surface area contributed by atoms with Crippen molar-refractivity contribution in [1.82, 2.24) is 5.32 Å². The number of alkyl halides is 3. The van der Waals surface area contributed by atoms with Crippen LogP contribution in [0.4, 0.5) is 23.7 Å². The number of carbonyl (C=O) groups excluding carboxylic acids is 2. The van der Waals surface area contributed by atoms with Gasteiger partial charge in [0.1, 0.15) is 0 Å². The number of urea groups is 1. The molecule has 0 aliphatic rings. The highest BCUT2D eigenvalue weighted by atomic mass is 19.4. The fourth-order valence-corrected chi connectivity index (χ4v) is 1.40. The molecule has 0 unspecified atom stereocenters. The van der Waals surface area contributed by atoms with E-state index >= 15 is 0 Å². The van der Waals surface area contributed by atoms with Crippen LogP contribution in [0, 0.1) is 6.92 Å². The van der Waals surface area contributed by atoms with Gasteiger partial charge in [-0.1, -0.05) is 6.07 Å². The van der Waals surface area contributed by atoms with Crippen molar-refractivity contribution < 1.29 is 22.8 Å². The molecule has 5 nitrogen and oxygen atoms in total. The number of benzene rings is 1. The molecule has 0 atom stereocenters. The standard InChI is InChI=1S/C11H12F3N3O2/c1-6-2-3-7(4-8(6)11(12,13)14)16-5-9(18)17-10(15)19/h2-4,16H,5H2,1H3,(H3,15,17,18,19). The number of nitrogens with one attached hydrogen (secondary N) is 2. The van der Waals surface area contributed by atoms with Gasteiger partial charge in [0.15, 0.2) is 0 Å². The molecule has 3 amide bonds. The monoisotopic (exact) mass is 275 g/mol. The molecule has 0 saturated heterocycles. The van der Waals surface area contributed by atoms with E-state index in [1.165, 1.54) is 19.1 Å². The van der Waals surface area contributed by atoms with Crippen LogP contribution in [-0.2, 0) is 11.0 Å². The van der Waals surface area contributed by atoms with Crippen LogP contribution in [0.15, 0.2) is 18.2 Å². The first-order valence-electron chi connectivity index (χ1n) is 5.21. The van der Waals surface area contributed by atoms with Gasteiger partial charge in [-0.3, -0.25) is 10.1 Å². The molecule has 1 aromatic carbocycles. The second-order valence-corrected chi connectivity index (χ2v) is 3.79. The molecule has 4 N–H and O–H groups in total. The molecule has 0 fully saturated rings. The van der Waals surface area contributed by atoms with Gasteiger partial charge in [-0.2, -0.15) is 13.2 Å². The van der Waals surface area contributed by atoms with Crippen LogP contribution < -0.4 is 16.4 Å². The van der Waals surface area contributed by atoms with Gasteiger partial charge in [0, 0.05) is 5.69 Å². The largest absolute Gasteiger partial charge is 0.416 e. The van der Waals surface area contributed by atoms with E-state index < -0.39 is 23.7 Å². The fourth-order valence-electron chi connectivity index (χ4n) is 1.40. The van der Waals surface area contributed by atoms with E-state index in [9.17, 15) is 22.8 Å². The third-order valence-electron chi connectivity index (χ3n) is 2.26. The van der Waals surface area contributed by atoms with Gasteiger partial charge in [-0.05, 0) is 24.6 Å². The topological polar surface area (TPSA) is 84.2 Å². The fraction of sp³-hybridized carbons (Fsp3) is 0.273. The highest BCUT2D eigenvalue weighted by Crippen LogP contribution is 2.33. The quantitative estimate of drug-likeness (QED) is 0.783. The predicted molar refractivity (Wildman–Crippen MR) is 62.4 cm³/mol. The molecule has 1 rings (SSSR count). The van der Waals surface area contributed by atoms with E-state index in [0.717, 1.165) is 6.07 Å². The molecule has 0 aromatic heterocycles. The minimum Gasteiger partial charge on any atom is -0.376 e. The van der Waals surface area contributed by atoms with Gasteiger partial charge in [0.25, 0.3) is 0 Å². The lowest BCUT2D eigenvalue weighted by atomic mass is 10.1. The number of rotatable bonds is 3. The van der Waals surface area contributed by atoms with E-state index in [2.05, 4.69) is 5.32 Å². The van der Waals surface area contributed by atoms with Gasteiger partial charge < -0.3 is 11.1 Å². The van der Waals surface area contributed by atoms with Gasteiger partial charge in [0.2, 0.25) is 5.91 Å². The Morgan fingerprint density at radius 2 is 1.95 bits per heavy atom. The number of imide groups is 1. The van der Waals surface area contributed by atoms with Crippen LogP contribution in [0.5, 0.6) is 0 Å². The van der Waals surface area contributed by atoms with Crippen LogP contribution in [0.25, 0.3) is 0 Å². The molecule has 104 valence electrons. The summed E-state index contributed by atoms with van der Waals surface area (Å²) in [6.45, 7) is 0.982. The number of primary amides is 1. The van der Waals surface area contributed by atoms with Crippen molar-refractivity contribution >= 4 is 17.6 Å². The summed E-state index contributed by atoms with van der Waals surface area (Å²) in [7, 11) is 0. The lowest BCUT2D eigenvalue weighted by Crippen LogP contribution is -2.38. The first-order chi connectivity index (χ1) is 8.70. The Kier molecular flexibility index (Phi) is 4.36. The van der Waals surface area contributed by atoms with Gasteiger partial charge >= 0.3 is 12.2 Å². The van der Waals surface area contributed by atoms with Crippen molar-refractivity contribution in [2.75, 3.05) is 11.9 Å². The van der Waals surface area contributed by atoms with E-state index in [-0.39, 0.29) is 17.8 Å². The van der Waals surface area contributed by atoms with Crippen molar-refractivity contribution in [3.05, 3.63) is 29.3 Å². The highest BCUT2D eigenvalue weighted by molar-refractivity contribution is 5.95. The van der Waals surface area contributed by atoms with Crippen molar-refractivity contribution in [3.8, 4) is 0 Å². The lowest BCUT2D eigenvalue weighted by molar-refractivity contribution is -0.138. The second kappa shape index (κ2) is 5.59. The molecule has 0 radical (unpaired) electrons. The van der Waals surface area contributed by atoms with Crippen LogP contribution in [0.1, 0.15) is 11.1 Å². The van der Waals surface area contributed by atoms with Crippen LogP contribution in [0.2, 0.25) is 0 Å². The second-order valence-electron chi connectivity index (χ2n) is 3.79. The SMILES string of the molecule is Cc1ccc(NCC(=O)NC(N)=O)cc1C(F)(F)F. The number of nitrogens with two attached hydrogens (primary N) is 1. The maximum atomic E-state index is 12.6. The summed E-state index contributed by atoms with van der Waals surface area (Å²) in [4.78, 5) is 21.4. The number of halogens is 3. The Labute approximate surface area is 107 Å². The summed E-state index contributed by atoms with van der Waals surface area (Å²) in [5.74, 6) is -0.735. The molecule has 0 aliphatic heterocycles. The smallest absolute Gasteiger partial charge is 0.376 e. The number of hydrogen-bond acceptors (Lipinski definition) is 3. The number of hydrogen-bond donors (Lipinski definition) is 3. The Bertz CT molecular complexity index is 500. The van der Waals surface area contributed by atoms with E-state index in [0.29, 0.717) is 0 Å². The molecule has 0 spiro atoms. The molecule has 0 aliphatic carbocycles. The number of anilines is 1. The third-order valence-corrected chi connectivity index (χ3v) is 2.26. The maximum absolute atomic E-state index is 12.6. The number of aryl methyl sites for hydroxylation is 1. The summed E-state index contributed by atoms with van der Waals surface area (Å²) < 4.78 is 37.9. The Hall–Kier alpha value is -2.25. The van der Waals surface area contributed by atoms with Crippen molar-refractivity contribution in [2.24, 2.45) is 5.73 Å². The number of amides is 3. The highest BCUT2D eigenvalue weighted by Gasteiger charge is 2.32. The first kappa shape index (κ1) is 14.8. The van der Waals surface area contributed by atoms with Gasteiger partial charge in [-0.25, -0.2) is 4.79 Å². The first-order valence-corrected chi connectivity index (χ1v) is 5.21. The average Bonchev–Trinajstić information content (AvgIpc) is 2.25. The minimum atomic E-state index is -4.46. The summed E-state index contributed by atoms with van der Waals surface area (Å²) in [5.41, 5.74) is 4.14. The summed E-state index contributed by atoms with van der Waals surface area (Å²) in [5, 5.41) is 4.25. The summed E-state index contributed by atoms with van der Waals surface area (Å²) in [6, 6.07) is 2.57. The third kappa shape index (κ3) is 4.49. The molecule has 0 bridgehead atoms.